The fourth-order valence-electron chi connectivity index (χ4n) is 2.83. The molecule has 1 saturated heterocycles. The Hall–Kier alpha value is -1.88. The summed E-state index contributed by atoms with van der Waals surface area (Å²) >= 11 is 1.54. The van der Waals surface area contributed by atoms with Gasteiger partial charge in [-0.25, -0.2) is 4.98 Å². The highest BCUT2D eigenvalue weighted by Gasteiger charge is 2.36. The normalized spacial score (nSPS) is 20.8. The summed E-state index contributed by atoms with van der Waals surface area (Å²) in [6.45, 7) is 6.33. The van der Waals surface area contributed by atoms with Crippen molar-refractivity contribution in [1.29, 1.82) is 0 Å². The molecular weight excluding hydrogens is 308 g/mol. The highest BCUT2D eigenvalue weighted by atomic mass is 32.1. The lowest BCUT2D eigenvalue weighted by Crippen LogP contribution is -2.09. The SMILES string of the molecule is Cc1ccc(Nc2nc([C@@H]3C[C@H](CC(C)C)C(=O)O3)cs2)cc1. The van der Waals surface area contributed by atoms with Crippen LogP contribution in [0.2, 0.25) is 0 Å². The number of aryl methyl sites for hydroxylation is 1. The molecule has 2 atom stereocenters. The smallest absolute Gasteiger partial charge is 0.309 e. The Morgan fingerprint density at radius 2 is 2.09 bits per heavy atom. The van der Waals surface area contributed by atoms with Crippen molar-refractivity contribution in [2.24, 2.45) is 11.8 Å². The molecule has 3 rings (SSSR count). The zero-order valence-corrected chi connectivity index (χ0v) is 14.5. The number of carbonyl (C=O) groups excluding carboxylic acids is 1. The van der Waals surface area contributed by atoms with Gasteiger partial charge in [0.1, 0.15) is 6.10 Å². The minimum Gasteiger partial charge on any atom is -0.456 e. The molecule has 0 bridgehead atoms. The summed E-state index contributed by atoms with van der Waals surface area (Å²) in [6.07, 6.45) is 1.43. The van der Waals surface area contributed by atoms with E-state index in [-0.39, 0.29) is 18.0 Å². The van der Waals surface area contributed by atoms with Crippen LogP contribution in [-0.4, -0.2) is 11.0 Å². The molecule has 0 aliphatic carbocycles. The molecule has 1 aliphatic rings. The first kappa shape index (κ1) is 16.0. The minimum absolute atomic E-state index is 0.00945. The molecule has 4 nitrogen and oxygen atoms in total. The monoisotopic (exact) mass is 330 g/mol. The van der Waals surface area contributed by atoms with Gasteiger partial charge in [-0.3, -0.25) is 4.79 Å². The first-order chi connectivity index (χ1) is 11.0. The zero-order valence-electron chi connectivity index (χ0n) is 13.7. The molecule has 1 aliphatic heterocycles. The Morgan fingerprint density at radius 1 is 1.35 bits per heavy atom. The number of cyclic esters (lactones) is 1. The number of thiazole rings is 1. The lowest BCUT2D eigenvalue weighted by molar-refractivity contribution is -0.145. The second kappa shape index (κ2) is 6.71. The molecule has 2 aromatic rings. The van der Waals surface area contributed by atoms with Crippen molar-refractivity contribution in [2.75, 3.05) is 5.32 Å². The molecule has 1 fully saturated rings. The molecule has 23 heavy (non-hydrogen) atoms. The van der Waals surface area contributed by atoms with E-state index in [1.807, 2.05) is 17.5 Å². The number of carbonyl (C=O) groups is 1. The Labute approximate surface area is 140 Å². The molecule has 0 spiro atoms. The number of ether oxygens (including phenoxy) is 1. The van der Waals surface area contributed by atoms with Gasteiger partial charge in [-0.1, -0.05) is 31.5 Å². The Balaban J connectivity index is 1.65. The summed E-state index contributed by atoms with van der Waals surface area (Å²) in [4.78, 5) is 16.5. The van der Waals surface area contributed by atoms with Crippen LogP contribution in [0.4, 0.5) is 10.8 Å². The summed E-state index contributed by atoms with van der Waals surface area (Å²) in [5.41, 5.74) is 3.09. The number of hydrogen-bond acceptors (Lipinski definition) is 5. The van der Waals surface area contributed by atoms with Crippen molar-refractivity contribution in [1.82, 2.24) is 4.98 Å². The average Bonchev–Trinajstić information content (AvgIpc) is 3.09. The third kappa shape index (κ3) is 3.91. The standard InChI is InChI=1S/C18H22N2O2S/c1-11(2)8-13-9-16(22-17(13)21)15-10-23-18(20-15)19-14-6-4-12(3)5-7-14/h4-7,10-11,13,16H,8-9H2,1-3H3,(H,19,20)/t13-,16-/m0/s1. The third-order valence-electron chi connectivity index (χ3n) is 4.00. The van der Waals surface area contributed by atoms with Crippen LogP contribution in [0.15, 0.2) is 29.6 Å². The summed E-state index contributed by atoms with van der Waals surface area (Å²) in [7, 11) is 0. The number of nitrogens with zero attached hydrogens (tertiary/aromatic N) is 1. The lowest BCUT2D eigenvalue weighted by Gasteiger charge is -2.07. The lowest BCUT2D eigenvalue weighted by atomic mass is 9.94. The number of nitrogens with one attached hydrogen (secondary N) is 1. The Bertz CT molecular complexity index is 679. The maximum atomic E-state index is 12.0. The summed E-state index contributed by atoms with van der Waals surface area (Å²) < 4.78 is 5.52. The van der Waals surface area contributed by atoms with Crippen molar-refractivity contribution in [3.05, 3.63) is 40.9 Å². The van der Waals surface area contributed by atoms with Crippen LogP contribution in [0.25, 0.3) is 0 Å². The molecule has 0 saturated carbocycles. The van der Waals surface area contributed by atoms with Gasteiger partial charge in [0.2, 0.25) is 0 Å². The molecule has 2 heterocycles. The molecule has 1 aromatic carbocycles. The maximum absolute atomic E-state index is 12.0. The second-order valence-electron chi connectivity index (χ2n) is 6.56. The highest BCUT2D eigenvalue weighted by molar-refractivity contribution is 7.13. The van der Waals surface area contributed by atoms with Gasteiger partial charge in [0, 0.05) is 17.5 Å². The molecule has 0 amide bonds. The van der Waals surface area contributed by atoms with Gasteiger partial charge in [-0.05, 0) is 31.4 Å². The molecule has 1 aromatic heterocycles. The minimum atomic E-state index is -0.198. The predicted octanol–water partition coefficient (Wildman–Crippen LogP) is 4.85. The topological polar surface area (TPSA) is 51.2 Å². The number of rotatable bonds is 5. The van der Waals surface area contributed by atoms with Crippen molar-refractivity contribution in [3.63, 3.8) is 0 Å². The van der Waals surface area contributed by atoms with E-state index in [2.05, 4.69) is 43.2 Å². The van der Waals surface area contributed by atoms with Crippen molar-refractivity contribution in [2.45, 2.75) is 39.7 Å². The van der Waals surface area contributed by atoms with Gasteiger partial charge in [-0.2, -0.15) is 0 Å². The first-order valence-electron chi connectivity index (χ1n) is 8.01. The second-order valence-corrected chi connectivity index (χ2v) is 7.41. The van der Waals surface area contributed by atoms with Crippen LogP contribution in [0.3, 0.4) is 0 Å². The van der Waals surface area contributed by atoms with E-state index in [9.17, 15) is 4.79 Å². The summed E-state index contributed by atoms with van der Waals surface area (Å²) in [5, 5.41) is 6.10. The van der Waals surface area contributed by atoms with Crippen molar-refractivity contribution in [3.8, 4) is 0 Å². The van der Waals surface area contributed by atoms with Crippen LogP contribution in [0.5, 0.6) is 0 Å². The maximum Gasteiger partial charge on any atom is 0.309 e. The number of hydrogen-bond donors (Lipinski definition) is 1. The van der Waals surface area contributed by atoms with E-state index < -0.39 is 0 Å². The van der Waals surface area contributed by atoms with Gasteiger partial charge in [0.15, 0.2) is 5.13 Å². The first-order valence-corrected chi connectivity index (χ1v) is 8.89. The largest absolute Gasteiger partial charge is 0.456 e. The molecule has 122 valence electrons. The molecule has 5 heteroatoms. The summed E-state index contributed by atoms with van der Waals surface area (Å²) in [6, 6.07) is 8.19. The van der Waals surface area contributed by atoms with Crippen LogP contribution in [-0.2, 0) is 9.53 Å². The van der Waals surface area contributed by atoms with E-state index in [1.165, 1.54) is 16.9 Å². The van der Waals surface area contributed by atoms with Gasteiger partial charge in [0.05, 0.1) is 11.6 Å². The molecule has 1 N–H and O–H groups in total. The Kier molecular flexibility index (Phi) is 4.66. The van der Waals surface area contributed by atoms with Crippen LogP contribution in [0.1, 0.15) is 44.1 Å². The average molecular weight is 330 g/mol. The molecular formula is C18H22N2O2S. The van der Waals surface area contributed by atoms with Gasteiger partial charge in [-0.15, -0.1) is 11.3 Å². The van der Waals surface area contributed by atoms with E-state index >= 15 is 0 Å². The molecule has 0 radical (unpaired) electrons. The quantitative estimate of drug-likeness (QED) is 0.797. The number of anilines is 2. The van der Waals surface area contributed by atoms with Crippen molar-refractivity contribution < 1.29 is 9.53 Å². The predicted molar refractivity (Wildman–Crippen MR) is 93.0 cm³/mol. The van der Waals surface area contributed by atoms with Gasteiger partial charge >= 0.3 is 5.97 Å². The van der Waals surface area contributed by atoms with E-state index in [0.717, 1.165) is 29.4 Å². The van der Waals surface area contributed by atoms with Crippen LogP contribution >= 0.6 is 11.3 Å². The fourth-order valence-corrected chi connectivity index (χ4v) is 3.61. The molecule has 0 unspecified atom stereocenters. The number of esters is 1. The van der Waals surface area contributed by atoms with E-state index in [1.54, 1.807) is 0 Å². The number of aromatic nitrogens is 1. The van der Waals surface area contributed by atoms with Crippen molar-refractivity contribution >= 4 is 28.1 Å². The number of benzene rings is 1. The fraction of sp³-hybridized carbons (Fsp3) is 0.444. The zero-order chi connectivity index (χ0) is 16.4. The van der Waals surface area contributed by atoms with Gasteiger partial charge < -0.3 is 10.1 Å². The van der Waals surface area contributed by atoms with Crippen LogP contribution < -0.4 is 5.32 Å². The van der Waals surface area contributed by atoms with Crippen LogP contribution in [0, 0.1) is 18.8 Å². The Morgan fingerprint density at radius 3 is 2.78 bits per heavy atom. The van der Waals surface area contributed by atoms with E-state index in [0.29, 0.717) is 5.92 Å². The van der Waals surface area contributed by atoms with Gasteiger partial charge in [0.25, 0.3) is 0 Å². The van der Waals surface area contributed by atoms with E-state index in [4.69, 9.17) is 4.74 Å². The third-order valence-corrected chi connectivity index (χ3v) is 4.78. The highest BCUT2D eigenvalue weighted by Crippen LogP contribution is 2.37. The summed E-state index contributed by atoms with van der Waals surface area (Å²) in [5.74, 6) is 0.431.